The summed E-state index contributed by atoms with van der Waals surface area (Å²) in [5, 5.41) is 10.9. The average molecular weight is 436 g/mol. The smallest absolute Gasteiger partial charge is 0.355 e. The van der Waals surface area contributed by atoms with Gasteiger partial charge in [-0.25, -0.2) is 0 Å². The number of carbonyl (C=O) groups is 1. The molecule has 0 aromatic carbocycles. The van der Waals surface area contributed by atoms with Crippen LogP contribution in [0.25, 0.3) is 5.65 Å². The van der Waals surface area contributed by atoms with Crippen LogP contribution in [0.3, 0.4) is 0 Å². The van der Waals surface area contributed by atoms with Gasteiger partial charge in [0.2, 0.25) is 5.91 Å². The van der Waals surface area contributed by atoms with E-state index in [1.165, 1.54) is 25.3 Å². The van der Waals surface area contributed by atoms with Crippen LogP contribution in [0.1, 0.15) is 57.7 Å². The Labute approximate surface area is 178 Å². The van der Waals surface area contributed by atoms with Gasteiger partial charge in [-0.2, -0.15) is 17.7 Å². The van der Waals surface area contributed by atoms with Gasteiger partial charge in [0.25, 0.3) is 5.82 Å². The van der Waals surface area contributed by atoms with Crippen molar-refractivity contribution in [3.05, 3.63) is 18.0 Å². The quantitative estimate of drug-likeness (QED) is 0.721. The highest BCUT2D eigenvalue weighted by Crippen LogP contribution is 2.41. The molecule has 3 aliphatic rings. The number of hydrogen-bond donors (Lipinski definition) is 0. The third-order valence-electron chi connectivity index (χ3n) is 7.27. The minimum absolute atomic E-state index is 0.0243. The van der Waals surface area contributed by atoms with Crippen LogP contribution in [0.4, 0.5) is 19.0 Å². The molecule has 1 aliphatic carbocycles. The fourth-order valence-electron chi connectivity index (χ4n) is 5.78. The van der Waals surface area contributed by atoms with Crippen LogP contribution in [0.2, 0.25) is 0 Å². The van der Waals surface area contributed by atoms with Crippen LogP contribution in [0, 0.1) is 11.8 Å². The van der Waals surface area contributed by atoms with E-state index in [9.17, 15) is 18.0 Å². The van der Waals surface area contributed by atoms with Gasteiger partial charge in [-0.1, -0.05) is 12.8 Å². The molecular formula is C21H27F3N6O. The molecule has 5 rings (SSSR count). The minimum Gasteiger partial charge on any atom is -0.355 e. The summed E-state index contributed by atoms with van der Waals surface area (Å²) in [6.07, 6.45) is 2.69. The fraction of sp³-hybridized carbons (Fsp3) is 0.714. The lowest BCUT2D eigenvalue weighted by Crippen LogP contribution is -2.48. The van der Waals surface area contributed by atoms with Crippen LogP contribution in [-0.2, 0) is 11.0 Å². The molecule has 168 valence electrons. The molecule has 0 spiro atoms. The van der Waals surface area contributed by atoms with Gasteiger partial charge in [0.1, 0.15) is 5.82 Å². The summed E-state index contributed by atoms with van der Waals surface area (Å²) in [7, 11) is 0. The highest BCUT2D eigenvalue weighted by molar-refractivity contribution is 5.80. The fourth-order valence-corrected chi connectivity index (χ4v) is 5.78. The summed E-state index contributed by atoms with van der Waals surface area (Å²) >= 11 is 0. The molecule has 2 aromatic heterocycles. The number of hydrogen-bond acceptors (Lipinski definition) is 5. The van der Waals surface area contributed by atoms with Crippen molar-refractivity contribution in [2.45, 2.75) is 70.1 Å². The van der Waals surface area contributed by atoms with E-state index in [1.807, 2.05) is 4.90 Å². The topological polar surface area (TPSA) is 66.6 Å². The van der Waals surface area contributed by atoms with Gasteiger partial charge in [-0.15, -0.1) is 15.3 Å². The second-order valence-corrected chi connectivity index (χ2v) is 9.19. The van der Waals surface area contributed by atoms with Crippen molar-refractivity contribution in [3.63, 3.8) is 0 Å². The first-order valence-electron chi connectivity index (χ1n) is 11.2. The van der Waals surface area contributed by atoms with Crippen LogP contribution >= 0.6 is 0 Å². The molecule has 2 aliphatic heterocycles. The molecule has 3 atom stereocenters. The number of piperidine rings is 1. The zero-order valence-corrected chi connectivity index (χ0v) is 17.6. The van der Waals surface area contributed by atoms with Crippen molar-refractivity contribution in [2.75, 3.05) is 18.0 Å². The second-order valence-electron chi connectivity index (χ2n) is 9.19. The number of nitrogens with zero attached hydrogens (tertiary/aromatic N) is 6. The van der Waals surface area contributed by atoms with Crippen molar-refractivity contribution in [1.82, 2.24) is 24.7 Å². The molecule has 1 amide bonds. The summed E-state index contributed by atoms with van der Waals surface area (Å²) < 4.78 is 40.2. The van der Waals surface area contributed by atoms with Crippen LogP contribution in [-0.4, -0.2) is 55.8 Å². The second kappa shape index (κ2) is 7.63. The number of fused-ring (bicyclic) bond motifs is 2. The number of amides is 1. The third kappa shape index (κ3) is 3.63. The molecule has 7 nitrogen and oxygen atoms in total. The Morgan fingerprint density at radius 2 is 1.81 bits per heavy atom. The lowest BCUT2D eigenvalue weighted by molar-refractivity contribution is -0.146. The maximum absolute atomic E-state index is 13.4. The molecule has 3 fully saturated rings. The first-order chi connectivity index (χ1) is 14.8. The Bertz CT molecular complexity index is 968. The van der Waals surface area contributed by atoms with Gasteiger partial charge in [-0.05, 0) is 57.1 Å². The van der Waals surface area contributed by atoms with E-state index >= 15 is 0 Å². The highest BCUT2D eigenvalue weighted by atomic mass is 19.4. The number of alkyl halides is 3. The predicted molar refractivity (Wildman–Crippen MR) is 107 cm³/mol. The van der Waals surface area contributed by atoms with E-state index in [0.717, 1.165) is 17.4 Å². The Hall–Kier alpha value is -2.39. The molecule has 0 N–H and O–H groups in total. The summed E-state index contributed by atoms with van der Waals surface area (Å²) in [6.45, 7) is 3.35. The van der Waals surface area contributed by atoms with Crippen LogP contribution in [0.5, 0.6) is 0 Å². The van der Waals surface area contributed by atoms with E-state index in [-0.39, 0.29) is 17.5 Å². The number of carbonyl (C=O) groups excluding carboxylic acids is 1. The molecule has 0 bridgehead atoms. The normalized spacial score (nSPS) is 27.7. The lowest BCUT2D eigenvalue weighted by Gasteiger charge is -2.38. The highest BCUT2D eigenvalue weighted by Gasteiger charge is 2.44. The SMILES string of the molecule is CC1CC2CCCCC2N1C(=O)C1CCN(c2ccc3nnc(C(F)(F)F)n3n2)CC1. The van der Waals surface area contributed by atoms with Gasteiger partial charge >= 0.3 is 6.18 Å². The van der Waals surface area contributed by atoms with Crippen molar-refractivity contribution in [2.24, 2.45) is 11.8 Å². The molecule has 2 saturated heterocycles. The van der Waals surface area contributed by atoms with Crippen LogP contribution in [0.15, 0.2) is 12.1 Å². The van der Waals surface area contributed by atoms with Crippen molar-refractivity contribution >= 4 is 17.4 Å². The number of halogens is 3. The van der Waals surface area contributed by atoms with Crippen molar-refractivity contribution < 1.29 is 18.0 Å². The number of aromatic nitrogens is 4. The third-order valence-corrected chi connectivity index (χ3v) is 7.27. The number of rotatable bonds is 2. The summed E-state index contributed by atoms with van der Waals surface area (Å²) in [5.41, 5.74) is 0.0613. The van der Waals surface area contributed by atoms with Gasteiger partial charge in [0.05, 0.1) is 0 Å². The van der Waals surface area contributed by atoms with Gasteiger partial charge in [0.15, 0.2) is 5.65 Å². The van der Waals surface area contributed by atoms with Gasteiger partial charge in [0, 0.05) is 31.1 Å². The van der Waals surface area contributed by atoms with Gasteiger partial charge in [-0.3, -0.25) is 4.79 Å². The first-order valence-corrected chi connectivity index (χ1v) is 11.2. The summed E-state index contributed by atoms with van der Waals surface area (Å²) in [6, 6.07) is 3.86. The van der Waals surface area contributed by atoms with E-state index in [4.69, 9.17) is 0 Å². The number of likely N-dealkylation sites (tertiary alicyclic amines) is 1. The van der Waals surface area contributed by atoms with E-state index in [2.05, 4.69) is 27.1 Å². The maximum Gasteiger partial charge on any atom is 0.453 e. The molecule has 0 radical (unpaired) electrons. The van der Waals surface area contributed by atoms with Crippen LogP contribution < -0.4 is 4.90 Å². The Morgan fingerprint density at radius 1 is 1.06 bits per heavy atom. The molecule has 31 heavy (non-hydrogen) atoms. The summed E-state index contributed by atoms with van der Waals surface area (Å²) in [4.78, 5) is 17.5. The number of anilines is 1. The Kier molecular flexibility index (Phi) is 5.05. The molecule has 10 heteroatoms. The molecular weight excluding hydrogens is 409 g/mol. The largest absolute Gasteiger partial charge is 0.453 e. The van der Waals surface area contributed by atoms with Crippen molar-refractivity contribution in [1.29, 1.82) is 0 Å². The Balaban J connectivity index is 1.28. The van der Waals surface area contributed by atoms with Crippen molar-refractivity contribution in [3.8, 4) is 0 Å². The standard InChI is InChI=1S/C21H27F3N6O/c1-13-12-15-4-2-3-5-16(15)29(13)19(31)14-8-10-28(11-9-14)18-7-6-17-25-26-20(21(22,23)24)30(17)27-18/h6-7,13-16H,2-5,8-12H2,1H3. The van der Waals surface area contributed by atoms with E-state index in [0.29, 0.717) is 49.8 Å². The molecule has 1 saturated carbocycles. The predicted octanol–water partition coefficient (Wildman–Crippen LogP) is 3.54. The molecule has 2 aromatic rings. The monoisotopic (exact) mass is 436 g/mol. The lowest BCUT2D eigenvalue weighted by atomic mass is 9.84. The zero-order chi connectivity index (χ0) is 21.8. The van der Waals surface area contributed by atoms with E-state index < -0.39 is 12.0 Å². The summed E-state index contributed by atoms with van der Waals surface area (Å²) in [5.74, 6) is 0.215. The van der Waals surface area contributed by atoms with E-state index in [1.54, 1.807) is 6.07 Å². The zero-order valence-electron chi connectivity index (χ0n) is 17.6. The van der Waals surface area contributed by atoms with Gasteiger partial charge < -0.3 is 9.80 Å². The minimum atomic E-state index is -4.62. The maximum atomic E-state index is 13.4. The molecule has 3 unspecified atom stereocenters. The molecule has 4 heterocycles. The average Bonchev–Trinajstić information content (AvgIpc) is 3.33. The Morgan fingerprint density at radius 3 is 2.55 bits per heavy atom. The first kappa shape index (κ1) is 20.5.